The van der Waals surface area contributed by atoms with E-state index in [1.54, 1.807) is 0 Å². The van der Waals surface area contributed by atoms with Crippen LogP contribution in [0.5, 0.6) is 0 Å². The summed E-state index contributed by atoms with van der Waals surface area (Å²) in [6, 6.07) is 87.3. The topological polar surface area (TPSA) is 9.72 Å². The molecule has 69 heavy (non-hydrogen) atoms. The molecule has 1 aliphatic heterocycles. The number of nitrogens with zero attached hydrogens (tertiary/aromatic N) is 3. The van der Waals surface area contributed by atoms with Crippen molar-refractivity contribution in [1.29, 1.82) is 0 Å². The van der Waals surface area contributed by atoms with Crippen molar-refractivity contribution in [1.82, 2.24) is 0 Å². The molecule has 3 nitrogen and oxygen atoms in total. The lowest BCUT2D eigenvalue weighted by Crippen LogP contribution is -2.37. The van der Waals surface area contributed by atoms with E-state index < -0.39 is 16.1 Å². The third-order valence-corrected chi connectivity index (χ3v) is 17.8. The van der Waals surface area contributed by atoms with Gasteiger partial charge in [-0.05, 0) is 130 Å². The van der Waals surface area contributed by atoms with E-state index in [9.17, 15) is 0 Å². The van der Waals surface area contributed by atoms with Gasteiger partial charge in [-0.3, -0.25) is 0 Å². The minimum atomic E-state index is -1.43. The van der Waals surface area contributed by atoms with E-state index in [1.165, 1.54) is 65.9 Å². The van der Waals surface area contributed by atoms with Crippen molar-refractivity contribution in [2.24, 2.45) is 0 Å². The van der Waals surface area contributed by atoms with Crippen molar-refractivity contribution in [3.8, 4) is 33.4 Å². The zero-order valence-corrected chi connectivity index (χ0v) is 42.4. The average molecular weight is 924 g/mol. The van der Waals surface area contributed by atoms with E-state index in [4.69, 9.17) is 0 Å². The minimum Gasteiger partial charge on any atom is -0.311 e. The molecule has 10 aromatic carbocycles. The van der Waals surface area contributed by atoms with Gasteiger partial charge in [0.25, 0.3) is 0 Å². The molecule has 0 fully saturated rings. The van der Waals surface area contributed by atoms with Crippen LogP contribution in [0.25, 0.3) is 44.2 Å². The maximum Gasteiger partial charge on any atom is 0.0775 e. The largest absolute Gasteiger partial charge is 0.311 e. The lowest BCUT2D eigenvalue weighted by molar-refractivity contribution is 1.28. The summed E-state index contributed by atoms with van der Waals surface area (Å²) in [5, 5.41) is 5.42. The second-order valence-electron chi connectivity index (χ2n) is 20.3. The van der Waals surface area contributed by atoms with Gasteiger partial charge in [-0.2, -0.15) is 0 Å². The fraction of sp³-hybridized carbons (Fsp3) is 0.0938. The molecule has 0 atom stereocenters. The number of fused-ring (bicyclic) bond motifs is 2. The van der Waals surface area contributed by atoms with Crippen LogP contribution in [0.15, 0.2) is 237 Å². The Balaban J connectivity index is 0.965. The van der Waals surface area contributed by atoms with E-state index in [1.807, 2.05) is 0 Å². The third kappa shape index (κ3) is 8.39. The maximum atomic E-state index is 2.46. The highest BCUT2D eigenvalue weighted by atomic mass is 28.3. The first-order valence-electron chi connectivity index (χ1n) is 24.2. The SMILES string of the molecule is C[Si](C)(C)c1ccc(N(c2ccccc2)c2ccc(-c3ccc4c(c3)N(c3ccccc3)c3cccc5c(-c6ccc(N(c7ccccc7)c7ccc([Si](C)(C)C)cc7)cc6)ccc-4c35)cc2)cc1. The van der Waals surface area contributed by atoms with Gasteiger partial charge in [-0.1, -0.05) is 189 Å². The molecule has 0 saturated heterocycles. The molecule has 336 valence electrons. The van der Waals surface area contributed by atoms with Crippen LogP contribution >= 0.6 is 0 Å². The number of hydrogen-bond acceptors (Lipinski definition) is 3. The number of anilines is 9. The van der Waals surface area contributed by atoms with Crippen LogP contribution in [0, 0.1) is 0 Å². The molecule has 0 aromatic heterocycles. The first-order chi connectivity index (χ1) is 33.5. The average Bonchev–Trinajstić information content (AvgIpc) is 3.38. The molecule has 0 aliphatic carbocycles. The zero-order chi connectivity index (χ0) is 47.3. The number of para-hydroxylation sites is 3. The van der Waals surface area contributed by atoms with Gasteiger partial charge in [0.1, 0.15) is 0 Å². The molecule has 1 heterocycles. The Bertz CT molecular complexity index is 3410. The van der Waals surface area contributed by atoms with E-state index >= 15 is 0 Å². The maximum absolute atomic E-state index is 2.46. The summed E-state index contributed by atoms with van der Waals surface area (Å²) < 4.78 is 0. The Morgan fingerprint density at radius 3 is 1.20 bits per heavy atom. The van der Waals surface area contributed by atoms with Crippen molar-refractivity contribution in [2.45, 2.75) is 39.3 Å². The fourth-order valence-electron chi connectivity index (χ4n) is 10.0. The molecule has 0 amide bonds. The molecule has 11 rings (SSSR count). The number of rotatable bonds is 11. The Morgan fingerprint density at radius 2 is 0.710 bits per heavy atom. The van der Waals surface area contributed by atoms with E-state index in [0.29, 0.717) is 0 Å². The molecule has 0 N–H and O–H groups in total. The molecule has 0 bridgehead atoms. The van der Waals surface area contributed by atoms with Gasteiger partial charge in [0.05, 0.1) is 27.5 Å². The van der Waals surface area contributed by atoms with Crippen molar-refractivity contribution in [2.75, 3.05) is 14.7 Å². The summed E-state index contributed by atoms with van der Waals surface area (Å²) in [6.07, 6.45) is 0. The smallest absolute Gasteiger partial charge is 0.0775 e. The quantitative estimate of drug-likeness (QED) is 0.120. The van der Waals surface area contributed by atoms with Gasteiger partial charge in [-0.25, -0.2) is 0 Å². The highest BCUT2D eigenvalue weighted by molar-refractivity contribution is 6.89. The Labute approximate surface area is 410 Å². The summed E-state index contributed by atoms with van der Waals surface area (Å²) >= 11 is 0. The molecule has 5 heteroatoms. The van der Waals surface area contributed by atoms with Crippen molar-refractivity contribution in [3.63, 3.8) is 0 Å². The molecule has 0 radical (unpaired) electrons. The van der Waals surface area contributed by atoms with E-state index in [-0.39, 0.29) is 0 Å². The highest BCUT2D eigenvalue weighted by Crippen LogP contribution is 2.53. The molecule has 0 unspecified atom stereocenters. The van der Waals surface area contributed by atoms with E-state index in [2.05, 4.69) is 291 Å². The molecule has 0 spiro atoms. The predicted octanol–water partition coefficient (Wildman–Crippen LogP) is 17.7. The van der Waals surface area contributed by atoms with Crippen LogP contribution in [-0.2, 0) is 0 Å². The first-order valence-corrected chi connectivity index (χ1v) is 31.2. The van der Waals surface area contributed by atoms with Gasteiger partial charge in [0.2, 0.25) is 0 Å². The van der Waals surface area contributed by atoms with E-state index in [0.717, 1.165) is 39.8 Å². The summed E-state index contributed by atoms with van der Waals surface area (Å²) in [6.45, 7) is 14.4. The molecule has 1 aliphatic rings. The van der Waals surface area contributed by atoms with Gasteiger partial charge in [0.15, 0.2) is 0 Å². The molecular weight excluding hydrogens is 867 g/mol. The lowest BCUT2D eigenvalue weighted by Gasteiger charge is -2.34. The fourth-order valence-corrected chi connectivity index (χ4v) is 12.4. The summed E-state index contributed by atoms with van der Waals surface area (Å²) in [5.74, 6) is 0. The molecule has 10 aromatic rings. The summed E-state index contributed by atoms with van der Waals surface area (Å²) in [4.78, 5) is 7.18. The van der Waals surface area contributed by atoms with Crippen LogP contribution in [0.2, 0.25) is 39.3 Å². The summed E-state index contributed by atoms with van der Waals surface area (Å²) in [5.41, 5.74) is 17.6. The normalized spacial score (nSPS) is 12.2. The number of hydrogen-bond donors (Lipinski definition) is 0. The minimum absolute atomic E-state index is 1.13. The Morgan fingerprint density at radius 1 is 0.304 bits per heavy atom. The van der Waals surface area contributed by atoms with Crippen LogP contribution in [-0.4, -0.2) is 16.1 Å². The van der Waals surface area contributed by atoms with Crippen LogP contribution in [0.1, 0.15) is 0 Å². The van der Waals surface area contributed by atoms with Gasteiger partial charge in [0, 0.05) is 50.8 Å². The molecule has 0 saturated carbocycles. The van der Waals surface area contributed by atoms with Gasteiger partial charge >= 0.3 is 0 Å². The number of benzene rings is 10. The Hall–Kier alpha value is -7.71. The van der Waals surface area contributed by atoms with Gasteiger partial charge in [-0.15, -0.1) is 0 Å². The predicted molar refractivity (Wildman–Crippen MR) is 304 cm³/mol. The standard InChI is InChI=1S/C64H57N3Si2/c1-68(2,3)56-38-34-54(35-39-56)65(49-17-10-7-11-18-49)52-30-25-46(26-31-52)48-29-42-59-61-44-43-58(60-23-16-24-62(64(60)61)67(63(59)45-48)51-21-14-9-15-22-51)47-27-32-53(33-28-47)66(50-19-12-8-13-20-50)55-36-40-57(41-37-55)69(4,5)6/h7-45H,1-6H3. The second kappa shape index (κ2) is 17.7. The highest BCUT2D eigenvalue weighted by Gasteiger charge is 2.28. The first kappa shape index (κ1) is 43.8. The van der Waals surface area contributed by atoms with Crippen molar-refractivity contribution < 1.29 is 0 Å². The molecular formula is C64H57N3Si2. The summed E-state index contributed by atoms with van der Waals surface area (Å²) in [7, 11) is -2.87. The van der Waals surface area contributed by atoms with Crippen LogP contribution in [0.3, 0.4) is 0 Å². The Kier molecular flexibility index (Phi) is 11.3. The monoisotopic (exact) mass is 923 g/mol. The zero-order valence-electron chi connectivity index (χ0n) is 40.4. The van der Waals surface area contributed by atoms with Crippen molar-refractivity contribution >= 4 is 88.5 Å². The van der Waals surface area contributed by atoms with Crippen LogP contribution in [0.4, 0.5) is 51.2 Å². The van der Waals surface area contributed by atoms with Crippen molar-refractivity contribution in [3.05, 3.63) is 237 Å². The van der Waals surface area contributed by atoms with Crippen LogP contribution < -0.4 is 25.1 Å². The lowest BCUT2D eigenvalue weighted by atomic mass is 9.86. The second-order valence-corrected chi connectivity index (χ2v) is 30.4. The van der Waals surface area contributed by atoms with Gasteiger partial charge < -0.3 is 14.7 Å². The third-order valence-electron chi connectivity index (χ3n) is 13.7.